The van der Waals surface area contributed by atoms with E-state index in [-0.39, 0.29) is 13.2 Å². The zero-order valence-electron chi connectivity index (χ0n) is 18.2. The Morgan fingerprint density at radius 3 is 2.39 bits per heavy atom. The van der Waals surface area contributed by atoms with Gasteiger partial charge in [-0.05, 0) is 55.0 Å². The predicted molar refractivity (Wildman–Crippen MR) is 121 cm³/mol. The van der Waals surface area contributed by atoms with Crippen LogP contribution in [-0.4, -0.2) is 76.0 Å². The summed E-state index contributed by atoms with van der Waals surface area (Å²) in [6.45, 7) is 4.06. The Morgan fingerprint density at radius 2 is 1.68 bits per heavy atom. The van der Waals surface area contributed by atoms with E-state index >= 15 is 0 Å². The van der Waals surface area contributed by atoms with Gasteiger partial charge in [0.15, 0.2) is 0 Å². The highest BCUT2D eigenvalue weighted by Gasteiger charge is 2.40. The number of unbranched alkanes of at least 4 members (excludes halogenated alkanes) is 2. The van der Waals surface area contributed by atoms with E-state index < -0.39 is 24.4 Å². The first-order chi connectivity index (χ1) is 15.0. The molecule has 4 atom stereocenters. The number of likely N-dealkylation sites (tertiary alicyclic amines) is 1. The molecule has 1 saturated heterocycles. The van der Waals surface area contributed by atoms with Gasteiger partial charge in [-0.2, -0.15) is 0 Å². The Labute approximate surface area is 184 Å². The maximum atomic E-state index is 10.0. The minimum atomic E-state index is -1.20. The molecule has 2 aromatic carbocycles. The third-order valence-corrected chi connectivity index (χ3v) is 6.13. The highest BCUT2D eigenvalue weighted by Crippen LogP contribution is 2.23. The van der Waals surface area contributed by atoms with E-state index in [4.69, 9.17) is 4.74 Å². The molecule has 0 aliphatic carbocycles. The molecular weight excluding hydrogens is 394 g/mol. The number of ether oxygens (including phenoxy) is 1. The fourth-order valence-corrected chi connectivity index (χ4v) is 4.20. The minimum absolute atomic E-state index is 0.239. The van der Waals surface area contributed by atoms with E-state index in [2.05, 4.69) is 55.5 Å². The molecule has 170 valence electrons. The van der Waals surface area contributed by atoms with Crippen molar-refractivity contribution in [2.24, 2.45) is 0 Å². The lowest BCUT2D eigenvalue weighted by Gasteiger charge is -2.43. The van der Waals surface area contributed by atoms with E-state index in [1.165, 1.54) is 16.7 Å². The summed E-state index contributed by atoms with van der Waals surface area (Å²) in [4.78, 5) is 1.86. The summed E-state index contributed by atoms with van der Waals surface area (Å²) in [5.41, 5.74) is 4.88. The van der Waals surface area contributed by atoms with Gasteiger partial charge in [0.05, 0.1) is 25.4 Å². The minimum Gasteiger partial charge on any atom is -0.395 e. The van der Waals surface area contributed by atoms with Gasteiger partial charge in [-0.25, -0.2) is 0 Å². The van der Waals surface area contributed by atoms with Crippen molar-refractivity contribution in [1.82, 2.24) is 4.90 Å². The van der Waals surface area contributed by atoms with E-state index in [0.29, 0.717) is 19.8 Å². The third kappa shape index (κ3) is 6.35. The second kappa shape index (κ2) is 11.7. The molecule has 31 heavy (non-hydrogen) atoms. The van der Waals surface area contributed by atoms with Crippen molar-refractivity contribution in [3.05, 3.63) is 59.7 Å². The van der Waals surface area contributed by atoms with Gasteiger partial charge in [-0.3, -0.25) is 4.90 Å². The number of nitrogens with zero attached hydrogens (tertiary/aromatic N) is 1. The Hall–Kier alpha value is -1.80. The smallest absolute Gasteiger partial charge is 0.109 e. The first kappa shape index (κ1) is 23.9. The molecule has 1 heterocycles. The molecule has 0 aromatic heterocycles. The van der Waals surface area contributed by atoms with Crippen molar-refractivity contribution in [3.63, 3.8) is 0 Å². The third-order valence-electron chi connectivity index (χ3n) is 6.13. The first-order valence-electron chi connectivity index (χ1n) is 11.1. The van der Waals surface area contributed by atoms with Crippen LogP contribution in [0.4, 0.5) is 0 Å². The fourth-order valence-electron chi connectivity index (χ4n) is 4.20. The average Bonchev–Trinajstić information content (AvgIpc) is 2.78. The zero-order chi connectivity index (χ0) is 22.2. The van der Waals surface area contributed by atoms with Crippen LogP contribution in [0.25, 0.3) is 11.1 Å². The zero-order valence-corrected chi connectivity index (χ0v) is 18.2. The Morgan fingerprint density at radius 1 is 0.935 bits per heavy atom. The van der Waals surface area contributed by atoms with Gasteiger partial charge < -0.3 is 25.2 Å². The molecule has 2 aromatic rings. The van der Waals surface area contributed by atoms with E-state index in [0.717, 1.165) is 24.8 Å². The second-order valence-corrected chi connectivity index (χ2v) is 8.42. The van der Waals surface area contributed by atoms with Gasteiger partial charge in [-0.15, -0.1) is 0 Å². The Bertz CT molecular complexity index is 797. The van der Waals surface area contributed by atoms with Gasteiger partial charge in [-0.1, -0.05) is 48.5 Å². The molecule has 0 unspecified atom stereocenters. The molecule has 6 nitrogen and oxygen atoms in total. The van der Waals surface area contributed by atoms with Crippen LogP contribution in [0.2, 0.25) is 0 Å². The van der Waals surface area contributed by atoms with Crippen LogP contribution >= 0.6 is 0 Å². The molecule has 0 bridgehead atoms. The van der Waals surface area contributed by atoms with E-state index in [9.17, 15) is 20.4 Å². The molecule has 0 radical (unpaired) electrons. The number of rotatable bonds is 10. The van der Waals surface area contributed by atoms with E-state index in [1.807, 2.05) is 4.90 Å². The van der Waals surface area contributed by atoms with Gasteiger partial charge in [0.1, 0.15) is 12.2 Å². The van der Waals surface area contributed by atoms with Crippen LogP contribution in [0.3, 0.4) is 0 Å². The summed E-state index contributed by atoms with van der Waals surface area (Å²) in [5.74, 6) is 0. The lowest BCUT2D eigenvalue weighted by molar-refractivity contribution is -0.145. The number of aliphatic hydroxyl groups is 4. The van der Waals surface area contributed by atoms with E-state index in [1.54, 1.807) is 0 Å². The lowest BCUT2D eigenvalue weighted by atomic mass is 9.94. The van der Waals surface area contributed by atoms with Crippen molar-refractivity contribution in [2.45, 2.75) is 57.1 Å². The first-order valence-corrected chi connectivity index (χ1v) is 11.1. The van der Waals surface area contributed by atoms with Crippen molar-refractivity contribution >= 4 is 0 Å². The molecule has 3 rings (SSSR count). The normalized spacial score (nSPS) is 24.4. The van der Waals surface area contributed by atoms with Crippen LogP contribution in [-0.2, 0) is 11.3 Å². The number of hydrogen-bond donors (Lipinski definition) is 4. The van der Waals surface area contributed by atoms with Crippen molar-refractivity contribution in [2.75, 3.05) is 26.3 Å². The summed E-state index contributed by atoms with van der Waals surface area (Å²) in [5, 5.41) is 39.1. The highest BCUT2D eigenvalue weighted by molar-refractivity contribution is 5.67. The monoisotopic (exact) mass is 429 g/mol. The predicted octanol–water partition coefficient (Wildman–Crippen LogP) is 2.11. The summed E-state index contributed by atoms with van der Waals surface area (Å²) in [6, 6.07) is 16.3. The summed E-state index contributed by atoms with van der Waals surface area (Å²) in [7, 11) is 0. The van der Waals surface area contributed by atoms with Gasteiger partial charge in [0.25, 0.3) is 0 Å². The standard InChI is InChI=1S/C25H35NO5/c1-18-7-3-4-8-21(18)20-11-9-19(10-12-20)17-31-14-6-2-5-13-26-15-23(28)25(30)24(29)22(26)16-27/h3-4,7-12,22-25,27-30H,2,5-6,13-17H2,1H3/t22-,23-,24+,25+/m0/s1. The number of hydrogen-bond acceptors (Lipinski definition) is 6. The van der Waals surface area contributed by atoms with Crippen LogP contribution in [0, 0.1) is 6.92 Å². The molecule has 1 aliphatic rings. The fraction of sp³-hybridized carbons (Fsp3) is 0.520. The van der Waals surface area contributed by atoms with Gasteiger partial charge >= 0.3 is 0 Å². The number of benzene rings is 2. The number of piperidine rings is 1. The summed E-state index contributed by atoms with van der Waals surface area (Å²) >= 11 is 0. The molecule has 6 heteroatoms. The summed E-state index contributed by atoms with van der Waals surface area (Å²) in [6.07, 6.45) is -0.567. The molecule has 4 N–H and O–H groups in total. The van der Waals surface area contributed by atoms with Gasteiger partial charge in [0, 0.05) is 13.2 Å². The molecule has 1 fully saturated rings. The number of aryl methyl sites for hydroxylation is 1. The molecule has 1 aliphatic heterocycles. The van der Waals surface area contributed by atoms with Crippen LogP contribution in [0.1, 0.15) is 30.4 Å². The van der Waals surface area contributed by atoms with Crippen LogP contribution in [0.5, 0.6) is 0 Å². The largest absolute Gasteiger partial charge is 0.395 e. The number of β-amino-alcohol motifs (C(OH)–C–C–N with tert-alkyl or cyclic N) is 1. The average molecular weight is 430 g/mol. The lowest BCUT2D eigenvalue weighted by Crippen LogP contribution is -2.62. The van der Waals surface area contributed by atoms with Crippen LogP contribution in [0.15, 0.2) is 48.5 Å². The molecule has 0 saturated carbocycles. The molecular formula is C25H35NO5. The van der Waals surface area contributed by atoms with Crippen molar-refractivity contribution in [3.8, 4) is 11.1 Å². The van der Waals surface area contributed by atoms with Crippen molar-refractivity contribution in [1.29, 1.82) is 0 Å². The Kier molecular flexibility index (Phi) is 9.02. The Balaban J connectivity index is 1.33. The number of aliphatic hydroxyl groups excluding tert-OH is 4. The van der Waals surface area contributed by atoms with Crippen LogP contribution < -0.4 is 0 Å². The highest BCUT2D eigenvalue weighted by atomic mass is 16.5. The maximum absolute atomic E-state index is 10.0. The molecule has 0 amide bonds. The SMILES string of the molecule is Cc1ccccc1-c1ccc(COCCCCCN2C[C@H](O)[C@@H](O)[C@H](O)[C@@H]2CO)cc1. The second-order valence-electron chi connectivity index (χ2n) is 8.42. The quantitative estimate of drug-likeness (QED) is 0.432. The maximum Gasteiger partial charge on any atom is 0.109 e. The summed E-state index contributed by atoms with van der Waals surface area (Å²) < 4.78 is 5.80. The topological polar surface area (TPSA) is 93.4 Å². The van der Waals surface area contributed by atoms with Crippen molar-refractivity contribution < 1.29 is 25.2 Å². The van der Waals surface area contributed by atoms with Gasteiger partial charge in [0.2, 0.25) is 0 Å². The molecule has 0 spiro atoms.